The molecule has 35 heavy (non-hydrogen) atoms. The first kappa shape index (κ1) is 25.9. The normalized spacial score (nSPS) is 10.9. The van der Waals surface area contributed by atoms with E-state index in [9.17, 15) is 10.1 Å². The van der Waals surface area contributed by atoms with Crippen LogP contribution >= 0.6 is 23.2 Å². The predicted molar refractivity (Wildman–Crippen MR) is 141 cm³/mol. The fourth-order valence-electron chi connectivity index (χ4n) is 3.41. The van der Waals surface area contributed by atoms with Crippen molar-refractivity contribution in [3.63, 3.8) is 0 Å². The van der Waals surface area contributed by atoms with E-state index in [2.05, 4.69) is 11.9 Å². The number of nitrogens with zero attached hydrogens (tertiary/aromatic N) is 1. The van der Waals surface area contributed by atoms with Crippen LogP contribution in [0.4, 0.5) is 5.69 Å². The average molecular weight is 507 g/mol. The lowest BCUT2D eigenvalue weighted by Crippen LogP contribution is -2.13. The highest BCUT2D eigenvalue weighted by atomic mass is 35.5. The Hall–Kier alpha value is -3.72. The van der Waals surface area contributed by atoms with Gasteiger partial charge < -0.3 is 14.8 Å². The van der Waals surface area contributed by atoms with E-state index in [-0.39, 0.29) is 12.2 Å². The van der Waals surface area contributed by atoms with Crippen LogP contribution in [0.3, 0.4) is 0 Å². The number of carbonyl (C=O) groups excluding carboxylic acids is 1. The lowest BCUT2D eigenvalue weighted by molar-refractivity contribution is -0.112. The second-order valence-electron chi connectivity index (χ2n) is 7.72. The summed E-state index contributed by atoms with van der Waals surface area (Å²) < 4.78 is 11.6. The highest BCUT2D eigenvalue weighted by Gasteiger charge is 2.16. The summed E-state index contributed by atoms with van der Waals surface area (Å²) in [6.07, 6.45) is 3.74. The SMILES string of the molecule is C=CCc1cc(/C=C(\C#N)C(=O)Nc2cccc(C)c2)cc(OC)c1OCc1ccc(Cl)cc1Cl. The summed E-state index contributed by atoms with van der Waals surface area (Å²) in [4.78, 5) is 12.7. The second kappa shape index (κ2) is 12.1. The number of amides is 1. The van der Waals surface area contributed by atoms with Crippen molar-refractivity contribution in [2.45, 2.75) is 20.0 Å². The van der Waals surface area contributed by atoms with Gasteiger partial charge >= 0.3 is 0 Å². The van der Waals surface area contributed by atoms with E-state index in [1.807, 2.05) is 37.3 Å². The van der Waals surface area contributed by atoms with Gasteiger partial charge in [-0.15, -0.1) is 6.58 Å². The van der Waals surface area contributed by atoms with Crippen LogP contribution in [0.5, 0.6) is 11.5 Å². The predicted octanol–water partition coefficient (Wildman–Crippen LogP) is 7.16. The molecule has 0 aromatic heterocycles. The minimum Gasteiger partial charge on any atom is -0.493 e. The number of halogens is 2. The second-order valence-corrected chi connectivity index (χ2v) is 8.57. The fraction of sp³-hybridized carbons (Fsp3) is 0.143. The molecule has 3 rings (SSSR count). The van der Waals surface area contributed by atoms with Crippen LogP contribution in [0.15, 0.2) is 72.8 Å². The van der Waals surface area contributed by atoms with E-state index >= 15 is 0 Å². The molecule has 178 valence electrons. The third-order valence-electron chi connectivity index (χ3n) is 5.08. The molecule has 0 spiro atoms. The highest BCUT2D eigenvalue weighted by Crippen LogP contribution is 2.35. The number of allylic oxidation sites excluding steroid dienone is 1. The van der Waals surface area contributed by atoms with Gasteiger partial charge in [-0.3, -0.25) is 4.79 Å². The smallest absolute Gasteiger partial charge is 0.266 e. The number of hydrogen-bond donors (Lipinski definition) is 1. The summed E-state index contributed by atoms with van der Waals surface area (Å²) in [5.74, 6) is 0.482. The van der Waals surface area contributed by atoms with Gasteiger partial charge in [0, 0.05) is 26.9 Å². The Bertz CT molecular complexity index is 1330. The Balaban J connectivity index is 1.91. The number of aryl methyl sites for hydroxylation is 1. The molecule has 0 saturated carbocycles. The van der Waals surface area contributed by atoms with Gasteiger partial charge in [-0.05, 0) is 66.9 Å². The Morgan fingerprint density at radius 2 is 1.94 bits per heavy atom. The van der Waals surface area contributed by atoms with Gasteiger partial charge in [0.25, 0.3) is 5.91 Å². The number of methoxy groups -OCH3 is 1. The van der Waals surface area contributed by atoms with Crippen LogP contribution in [0.2, 0.25) is 10.0 Å². The number of nitrogens with one attached hydrogen (secondary N) is 1. The number of hydrogen-bond acceptors (Lipinski definition) is 4. The summed E-state index contributed by atoms with van der Waals surface area (Å²) in [5.41, 5.74) is 3.75. The first-order valence-electron chi connectivity index (χ1n) is 10.7. The standard InChI is InChI=1S/C28H24Cl2N2O3/c1-4-6-20-12-19(13-22(16-31)28(33)32-24-8-5-7-18(2)11-24)14-26(34-3)27(20)35-17-21-9-10-23(29)15-25(21)30/h4-5,7-15H,1,6,17H2,2-3H3,(H,32,33)/b22-13+. The minimum atomic E-state index is -0.500. The molecule has 0 radical (unpaired) electrons. The first-order chi connectivity index (χ1) is 16.8. The molecule has 5 nitrogen and oxygen atoms in total. The molecule has 0 aliphatic heterocycles. The third-order valence-corrected chi connectivity index (χ3v) is 5.66. The van der Waals surface area contributed by atoms with Gasteiger partial charge in [-0.25, -0.2) is 0 Å². The van der Waals surface area contributed by atoms with Crippen molar-refractivity contribution < 1.29 is 14.3 Å². The molecule has 0 bridgehead atoms. The van der Waals surface area contributed by atoms with Crippen LogP contribution in [0.1, 0.15) is 22.3 Å². The Kier molecular flexibility index (Phi) is 8.97. The van der Waals surface area contributed by atoms with Crippen molar-refractivity contribution in [1.29, 1.82) is 5.26 Å². The van der Waals surface area contributed by atoms with Crippen LogP contribution in [-0.2, 0) is 17.8 Å². The summed E-state index contributed by atoms with van der Waals surface area (Å²) in [6, 6.07) is 18.1. The molecule has 1 N–H and O–H groups in total. The first-order valence-corrected chi connectivity index (χ1v) is 11.5. The number of nitriles is 1. The number of anilines is 1. The van der Waals surface area contributed by atoms with Crippen LogP contribution in [-0.4, -0.2) is 13.0 Å². The monoisotopic (exact) mass is 506 g/mol. The van der Waals surface area contributed by atoms with E-state index in [0.29, 0.717) is 39.2 Å². The average Bonchev–Trinajstić information content (AvgIpc) is 2.82. The molecule has 0 saturated heterocycles. The van der Waals surface area contributed by atoms with Gasteiger partial charge in [0.05, 0.1) is 7.11 Å². The summed E-state index contributed by atoms with van der Waals surface area (Å²) in [7, 11) is 1.53. The number of ether oxygens (including phenoxy) is 2. The van der Waals surface area contributed by atoms with Gasteiger partial charge in [0.15, 0.2) is 11.5 Å². The summed E-state index contributed by atoms with van der Waals surface area (Å²) in [6.45, 7) is 5.95. The molecule has 0 aliphatic rings. The molecule has 3 aromatic rings. The van der Waals surface area contributed by atoms with Crippen molar-refractivity contribution in [2.75, 3.05) is 12.4 Å². The molecule has 3 aromatic carbocycles. The largest absolute Gasteiger partial charge is 0.493 e. The number of carbonyl (C=O) groups is 1. The van der Waals surface area contributed by atoms with E-state index in [1.165, 1.54) is 13.2 Å². The molecule has 0 aliphatic carbocycles. The van der Waals surface area contributed by atoms with Gasteiger partial charge in [0.2, 0.25) is 0 Å². The zero-order chi connectivity index (χ0) is 25.4. The number of benzene rings is 3. The van der Waals surface area contributed by atoms with E-state index < -0.39 is 5.91 Å². The quantitative estimate of drug-likeness (QED) is 0.190. The Morgan fingerprint density at radius 3 is 2.60 bits per heavy atom. The molecule has 1 amide bonds. The maximum absolute atomic E-state index is 12.7. The molecular formula is C28H24Cl2N2O3. The molecule has 0 unspecified atom stereocenters. The van der Waals surface area contributed by atoms with Gasteiger partial charge in [-0.1, -0.05) is 47.5 Å². The van der Waals surface area contributed by atoms with E-state index in [4.69, 9.17) is 32.7 Å². The van der Waals surface area contributed by atoms with Crippen molar-refractivity contribution >= 4 is 40.9 Å². The zero-order valence-corrected chi connectivity index (χ0v) is 20.9. The van der Waals surface area contributed by atoms with Crippen molar-refractivity contribution in [3.8, 4) is 17.6 Å². The zero-order valence-electron chi connectivity index (χ0n) is 19.4. The van der Waals surface area contributed by atoms with Crippen molar-refractivity contribution in [3.05, 3.63) is 105 Å². The topological polar surface area (TPSA) is 71.4 Å². The van der Waals surface area contributed by atoms with Gasteiger partial charge in [-0.2, -0.15) is 5.26 Å². The number of rotatable bonds is 9. The maximum atomic E-state index is 12.7. The molecule has 0 atom stereocenters. The fourth-order valence-corrected chi connectivity index (χ4v) is 3.88. The molecular weight excluding hydrogens is 483 g/mol. The molecule has 0 heterocycles. The molecule has 7 heteroatoms. The van der Waals surface area contributed by atoms with E-state index in [1.54, 1.807) is 36.4 Å². The van der Waals surface area contributed by atoms with Crippen LogP contribution in [0, 0.1) is 18.3 Å². The van der Waals surface area contributed by atoms with Crippen molar-refractivity contribution in [1.82, 2.24) is 0 Å². The Labute approximate surface area is 215 Å². The lowest BCUT2D eigenvalue weighted by atomic mass is 10.0. The maximum Gasteiger partial charge on any atom is 0.266 e. The van der Waals surface area contributed by atoms with Crippen molar-refractivity contribution in [2.24, 2.45) is 0 Å². The minimum absolute atomic E-state index is 0.0419. The lowest BCUT2D eigenvalue weighted by Gasteiger charge is -2.16. The van der Waals surface area contributed by atoms with Crippen LogP contribution < -0.4 is 14.8 Å². The molecule has 0 fully saturated rings. The third kappa shape index (κ3) is 6.89. The van der Waals surface area contributed by atoms with Crippen LogP contribution in [0.25, 0.3) is 6.08 Å². The highest BCUT2D eigenvalue weighted by molar-refractivity contribution is 6.35. The van der Waals surface area contributed by atoms with Gasteiger partial charge in [0.1, 0.15) is 18.2 Å². The summed E-state index contributed by atoms with van der Waals surface area (Å²) in [5, 5.41) is 13.4. The Morgan fingerprint density at radius 1 is 1.14 bits per heavy atom. The van der Waals surface area contributed by atoms with E-state index in [0.717, 1.165) is 16.7 Å². The summed E-state index contributed by atoms with van der Waals surface area (Å²) >= 11 is 12.3.